The highest BCUT2D eigenvalue weighted by Crippen LogP contribution is 2.51. The molecule has 3 aromatic rings. The lowest BCUT2D eigenvalue weighted by atomic mass is 9.99. The maximum Gasteiger partial charge on any atom is 0.229 e. The van der Waals surface area contributed by atoms with Crippen molar-refractivity contribution in [2.24, 2.45) is 0 Å². The van der Waals surface area contributed by atoms with Gasteiger partial charge in [0.15, 0.2) is 28.3 Å². The standard InChI is InChI=1S/C23H24O13/c1-32-20-16(29)14-11(27)6-12(8-3-4-9(25)10(26)5-8)34-19(14)22(21(20)33-2)36-23-18(31)17(30)15(28)13(7-24)35-23/h3-6,13,15,17-18,23-26,28-31H,7H2,1-2H3/t13-,15+,17-,18+,23-/m0/s1. The lowest BCUT2D eigenvalue weighted by Gasteiger charge is -2.39. The summed E-state index contributed by atoms with van der Waals surface area (Å²) in [5, 5.41) is 69.9. The molecular weight excluding hydrogens is 484 g/mol. The van der Waals surface area contributed by atoms with Gasteiger partial charge in [-0.1, -0.05) is 0 Å². The lowest BCUT2D eigenvalue weighted by molar-refractivity contribution is -0.277. The number of benzene rings is 2. The first-order chi connectivity index (χ1) is 17.1. The fourth-order valence-corrected chi connectivity index (χ4v) is 3.89. The summed E-state index contributed by atoms with van der Waals surface area (Å²) in [5.41, 5.74) is -0.953. The third-order valence-corrected chi connectivity index (χ3v) is 5.77. The van der Waals surface area contributed by atoms with Gasteiger partial charge in [0.1, 0.15) is 35.6 Å². The smallest absolute Gasteiger partial charge is 0.229 e. The Morgan fingerprint density at radius 1 is 0.889 bits per heavy atom. The maximum atomic E-state index is 13.0. The molecule has 194 valence electrons. The summed E-state index contributed by atoms with van der Waals surface area (Å²) >= 11 is 0. The first-order valence-electron chi connectivity index (χ1n) is 10.6. The van der Waals surface area contributed by atoms with Crippen molar-refractivity contribution in [3.8, 4) is 45.8 Å². The molecule has 0 saturated carbocycles. The first-order valence-corrected chi connectivity index (χ1v) is 10.6. The highest BCUT2D eigenvalue weighted by Gasteiger charge is 2.45. The summed E-state index contributed by atoms with van der Waals surface area (Å²) in [6.45, 7) is -0.717. The van der Waals surface area contributed by atoms with E-state index in [0.717, 1.165) is 12.1 Å². The van der Waals surface area contributed by atoms with E-state index in [0.29, 0.717) is 0 Å². The molecule has 0 spiro atoms. The highest BCUT2D eigenvalue weighted by atomic mass is 16.7. The number of aliphatic hydroxyl groups is 4. The number of phenols is 3. The zero-order valence-electron chi connectivity index (χ0n) is 19.0. The van der Waals surface area contributed by atoms with Crippen molar-refractivity contribution in [1.29, 1.82) is 0 Å². The van der Waals surface area contributed by atoms with E-state index in [-0.39, 0.29) is 39.5 Å². The first kappa shape index (κ1) is 25.3. The van der Waals surface area contributed by atoms with Crippen LogP contribution in [0.3, 0.4) is 0 Å². The molecule has 4 rings (SSSR count). The molecule has 7 N–H and O–H groups in total. The van der Waals surface area contributed by atoms with E-state index >= 15 is 0 Å². The van der Waals surface area contributed by atoms with Crippen LogP contribution in [-0.4, -0.2) is 87.3 Å². The van der Waals surface area contributed by atoms with Gasteiger partial charge in [0.25, 0.3) is 0 Å². The molecule has 1 saturated heterocycles. The van der Waals surface area contributed by atoms with Crippen LogP contribution in [0.15, 0.2) is 33.5 Å². The molecule has 0 amide bonds. The summed E-state index contributed by atoms with van der Waals surface area (Å²) in [6, 6.07) is 4.69. The number of rotatable bonds is 6. The minimum atomic E-state index is -1.81. The SMILES string of the molecule is COc1c(OC)c(O)c2c(=O)cc(-c3ccc(O)c(O)c3)oc2c1O[C@@H]1O[C@@H](CO)[C@@H](O)[C@H](O)[C@H]1O. The summed E-state index contributed by atoms with van der Waals surface area (Å²) in [4.78, 5) is 13.0. The van der Waals surface area contributed by atoms with Crippen molar-refractivity contribution in [3.05, 3.63) is 34.5 Å². The van der Waals surface area contributed by atoms with Gasteiger partial charge < -0.3 is 59.1 Å². The van der Waals surface area contributed by atoms with Crippen molar-refractivity contribution in [2.45, 2.75) is 30.7 Å². The number of phenolic OH excluding ortho intramolecular Hbond substituents is 3. The van der Waals surface area contributed by atoms with Crippen LogP contribution in [0.5, 0.6) is 34.5 Å². The summed E-state index contributed by atoms with van der Waals surface area (Å²) in [5.74, 6) is -2.60. The Balaban J connectivity index is 1.95. The van der Waals surface area contributed by atoms with E-state index in [1.165, 1.54) is 26.4 Å². The fourth-order valence-electron chi connectivity index (χ4n) is 3.89. The predicted octanol–water partition coefficient (Wildman–Crippen LogP) is -0.227. The predicted molar refractivity (Wildman–Crippen MR) is 120 cm³/mol. The van der Waals surface area contributed by atoms with E-state index in [9.17, 15) is 40.5 Å². The van der Waals surface area contributed by atoms with Crippen LogP contribution in [0.1, 0.15) is 0 Å². The quantitative estimate of drug-likeness (QED) is 0.215. The van der Waals surface area contributed by atoms with Crippen molar-refractivity contribution >= 4 is 11.0 Å². The number of aromatic hydroxyl groups is 3. The van der Waals surface area contributed by atoms with Crippen LogP contribution in [0.4, 0.5) is 0 Å². The third-order valence-electron chi connectivity index (χ3n) is 5.77. The van der Waals surface area contributed by atoms with Crippen LogP contribution in [-0.2, 0) is 4.74 Å². The minimum absolute atomic E-state index is 0.104. The number of hydrogen-bond donors (Lipinski definition) is 7. The highest BCUT2D eigenvalue weighted by molar-refractivity contribution is 5.95. The summed E-state index contributed by atoms with van der Waals surface area (Å²) in [6.07, 6.45) is -8.22. The van der Waals surface area contributed by atoms with E-state index in [1.807, 2.05) is 0 Å². The molecule has 13 heteroatoms. The van der Waals surface area contributed by atoms with Crippen LogP contribution >= 0.6 is 0 Å². The molecule has 1 aliphatic rings. The molecular formula is C23H24O13. The van der Waals surface area contributed by atoms with Crippen molar-refractivity contribution < 1.29 is 59.1 Å². The Morgan fingerprint density at radius 3 is 2.19 bits per heavy atom. The molecule has 2 heterocycles. The van der Waals surface area contributed by atoms with Gasteiger partial charge in [-0.3, -0.25) is 4.79 Å². The van der Waals surface area contributed by atoms with Gasteiger partial charge in [-0.15, -0.1) is 0 Å². The van der Waals surface area contributed by atoms with Gasteiger partial charge in [0.05, 0.1) is 20.8 Å². The molecule has 0 unspecified atom stereocenters. The number of hydrogen-bond acceptors (Lipinski definition) is 13. The molecule has 1 aromatic heterocycles. The molecule has 1 fully saturated rings. The van der Waals surface area contributed by atoms with Crippen molar-refractivity contribution in [3.63, 3.8) is 0 Å². The maximum absolute atomic E-state index is 13.0. The largest absolute Gasteiger partial charge is 0.504 e. The number of aliphatic hydroxyl groups excluding tert-OH is 4. The third kappa shape index (κ3) is 4.12. The van der Waals surface area contributed by atoms with Gasteiger partial charge in [-0.05, 0) is 18.2 Å². The summed E-state index contributed by atoms with van der Waals surface area (Å²) in [7, 11) is 2.39. The molecule has 36 heavy (non-hydrogen) atoms. The molecule has 0 radical (unpaired) electrons. The second-order valence-electron chi connectivity index (χ2n) is 7.94. The molecule has 1 aliphatic heterocycles. The normalized spacial score (nSPS) is 24.0. The monoisotopic (exact) mass is 508 g/mol. The van der Waals surface area contributed by atoms with E-state index in [2.05, 4.69) is 0 Å². The number of fused-ring (bicyclic) bond motifs is 1. The average molecular weight is 508 g/mol. The zero-order valence-corrected chi connectivity index (χ0v) is 19.0. The fraction of sp³-hybridized carbons (Fsp3) is 0.348. The minimum Gasteiger partial charge on any atom is -0.504 e. The van der Waals surface area contributed by atoms with Gasteiger partial charge >= 0.3 is 0 Å². The second kappa shape index (κ2) is 9.72. The Morgan fingerprint density at radius 2 is 1.58 bits per heavy atom. The molecule has 0 aliphatic carbocycles. The average Bonchev–Trinajstić information content (AvgIpc) is 2.86. The lowest BCUT2D eigenvalue weighted by Crippen LogP contribution is -2.60. The van der Waals surface area contributed by atoms with Crippen molar-refractivity contribution in [2.75, 3.05) is 20.8 Å². The van der Waals surface area contributed by atoms with Crippen LogP contribution < -0.4 is 19.6 Å². The topological polar surface area (TPSA) is 209 Å². The Labute approximate surface area is 202 Å². The molecule has 0 bridgehead atoms. The second-order valence-corrected chi connectivity index (χ2v) is 7.94. The Bertz CT molecular complexity index is 1330. The molecule has 2 aromatic carbocycles. The molecule has 5 atom stereocenters. The Kier molecular flexibility index (Phi) is 6.84. The van der Waals surface area contributed by atoms with Gasteiger partial charge in [-0.25, -0.2) is 0 Å². The van der Waals surface area contributed by atoms with Gasteiger partial charge in [-0.2, -0.15) is 0 Å². The molecule has 13 nitrogen and oxygen atoms in total. The number of ether oxygens (including phenoxy) is 4. The number of methoxy groups -OCH3 is 2. The van der Waals surface area contributed by atoms with E-state index < -0.39 is 60.0 Å². The van der Waals surface area contributed by atoms with Crippen LogP contribution in [0.2, 0.25) is 0 Å². The Hall–Kier alpha value is -3.75. The van der Waals surface area contributed by atoms with E-state index in [1.54, 1.807) is 0 Å². The van der Waals surface area contributed by atoms with Gasteiger partial charge in [0.2, 0.25) is 23.5 Å². The van der Waals surface area contributed by atoms with Crippen LogP contribution in [0.25, 0.3) is 22.3 Å². The summed E-state index contributed by atoms with van der Waals surface area (Å²) < 4.78 is 27.5. The van der Waals surface area contributed by atoms with Crippen molar-refractivity contribution in [1.82, 2.24) is 0 Å². The van der Waals surface area contributed by atoms with Gasteiger partial charge in [0, 0.05) is 11.6 Å². The van der Waals surface area contributed by atoms with E-state index in [4.69, 9.17) is 23.4 Å². The zero-order chi connectivity index (χ0) is 26.3. The van der Waals surface area contributed by atoms with Crippen LogP contribution in [0, 0.1) is 0 Å².